The van der Waals surface area contributed by atoms with E-state index in [4.69, 9.17) is 25.5 Å². The van der Waals surface area contributed by atoms with E-state index in [1.807, 2.05) is 36.0 Å². The summed E-state index contributed by atoms with van der Waals surface area (Å²) in [6.07, 6.45) is 5.75. The van der Waals surface area contributed by atoms with Gasteiger partial charge in [0.2, 0.25) is 0 Å². The predicted molar refractivity (Wildman–Crippen MR) is 129 cm³/mol. The number of ether oxygens (including phenoxy) is 2. The number of imide groups is 1. The molecule has 1 saturated carbocycles. The molecular formula is C26H21ClN2O5. The van der Waals surface area contributed by atoms with Gasteiger partial charge in [-0.3, -0.25) is 14.9 Å². The number of nitrogens with one attached hydrogen (secondary N) is 1. The summed E-state index contributed by atoms with van der Waals surface area (Å²) < 4.78 is 18.9. The quantitative estimate of drug-likeness (QED) is 0.398. The summed E-state index contributed by atoms with van der Waals surface area (Å²) in [5.41, 5.74) is 3.14. The Morgan fingerprint density at radius 3 is 2.59 bits per heavy atom. The fourth-order valence-electron chi connectivity index (χ4n) is 4.50. The minimum atomic E-state index is -0.463. The van der Waals surface area contributed by atoms with Crippen LogP contribution in [0.4, 0.5) is 0 Å². The van der Waals surface area contributed by atoms with Crippen LogP contribution >= 0.6 is 11.6 Å². The third-order valence-electron chi connectivity index (χ3n) is 6.46. The summed E-state index contributed by atoms with van der Waals surface area (Å²) >= 11 is 6.32. The SMILES string of the molecule is COc1cc2c(C3=C(c4coc5cc(OCC6CC6)ccc45)C(=O)NC3=O)cn(C)c2cc1Cl. The molecule has 1 fully saturated rings. The van der Waals surface area contributed by atoms with Gasteiger partial charge in [0.15, 0.2) is 0 Å². The van der Waals surface area contributed by atoms with Gasteiger partial charge in [0, 0.05) is 41.2 Å². The Balaban J connectivity index is 1.51. The lowest BCUT2D eigenvalue weighted by Crippen LogP contribution is -2.22. The number of rotatable bonds is 6. The maximum Gasteiger partial charge on any atom is 0.259 e. The van der Waals surface area contributed by atoms with Gasteiger partial charge in [-0.1, -0.05) is 11.6 Å². The average molecular weight is 477 g/mol. The van der Waals surface area contributed by atoms with Gasteiger partial charge in [0.1, 0.15) is 17.1 Å². The molecule has 1 N–H and O–H groups in total. The number of aryl methyl sites for hydroxylation is 1. The van der Waals surface area contributed by atoms with Crippen molar-refractivity contribution in [3.05, 3.63) is 58.9 Å². The van der Waals surface area contributed by atoms with Crippen molar-refractivity contribution in [2.75, 3.05) is 13.7 Å². The minimum Gasteiger partial charge on any atom is -0.495 e. The highest BCUT2D eigenvalue weighted by Crippen LogP contribution is 2.41. The summed E-state index contributed by atoms with van der Waals surface area (Å²) in [4.78, 5) is 26.0. The summed E-state index contributed by atoms with van der Waals surface area (Å²) in [6, 6.07) is 9.11. The zero-order chi connectivity index (χ0) is 23.6. The van der Waals surface area contributed by atoms with Crippen molar-refractivity contribution in [3.8, 4) is 11.5 Å². The van der Waals surface area contributed by atoms with E-state index in [2.05, 4.69) is 5.32 Å². The Kier molecular flexibility index (Phi) is 4.71. The molecule has 172 valence electrons. The van der Waals surface area contributed by atoms with E-state index >= 15 is 0 Å². The lowest BCUT2D eigenvalue weighted by molar-refractivity contribution is -0.122. The molecule has 2 aromatic heterocycles. The number of furan rings is 1. The number of nitrogens with zero attached hydrogens (tertiary/aromatic N) is 1. The molecule has 2 amide bonds. The second-order valence-corrected chi connectivity index (χ2v) is 9.16. The Bertz CT molecular complexity index is 1540. The molecule has 2 aromatic carbocycles. The predicted octanol–water partition coefficient (Wildman–Crippen LogP) is 4.94. The molecule has 0 saturated heterocycles. The minimum absolute atomic E-state index is 0.275. The number of amides is 2. The maximum absolute atomic E-state index is 13.0. The van der Waals surface area contributed by atoms with Crippen molar-refractivity contribution >= 4 is 56.4 Å². The normalized spacial score (nSPS) is 16.1. The van der Waals surface area contributed by atoms with E-state index in [1.165, 1.54) is 26.2 Å². The molecule has 34 heavy (non-hydrogen) atoms. The first kappa shape index (κ1) is 20.9. The number of aromatic nitrogens is 1. The number of carbonyl (C=O) groups excluding carboxylic acids is 2. The third kappa shape index (κ3) is 3.27. The van der Waals surface area contributed by atoms with Gasteiger partial charge in [0.25, 0.3) is 11.8 Å². The summed E-state index contributed by atoms with van der Waals surface area (Å²) in [5, 5.41) is 4.40. The van der Waals surface area contributed by atoms with Crippen LogP contribution in [0.5, 0.6) is 11.5 Å². The Hall–Kier alpha value is -3.71. The fraction of sp³-hybridized carbons (Fsp3) is 0.231. The summed E-state index contributed by atoms with van der Waals surface area (Å²) in [6.45, 7) is 0.694. The molecule has 4 aromatic rings. The van der Waals surface area contributed by atoms with Gasteiger partial charge in [-0.15, -0.1) is 0 Å². The topological polar surface area (TPSA) is 82.7 Å². The van der Waals surface area contributed by atoms with Crippen LogP contribution in [0.15, 0.2) is 47.2 Å². The zero-order valence-electron chi connectivity index (χ0n) is 18.6. The number of halogens is 1. The van der Waals surface area contributed by atoms with Gasteiger partial charge >= 0.3 is 0 Å². The van der Waals surface area contributed by atoms with E-state index in [1.54, 1.807) is 12.1 Å². The van der Waals surface area contributed by atoms with Crippen LogP contribution in [0, 0.1) is 5.92 Å². The molecule has 0 unspecified atom stereocenters. The van der Waals surface area contributed by atoms with Gasteiger partial charge in [-0.05, 0) is 43.0 Å². The fourth-order valence-corrected chi connectivity index (χ4v) is 4.73. The molecule has 1 aliphatic heterocycles. The molecule has 0 atom stereocenters. The molecule has 2 aliphatic rings. The van der Waals surface area contributed by atoms with E-state index in [0.29, 0.717) is 40.0 Å². The monoisotopic (exact) mass is 476 g/mol. The average Bonchev–Trinajstić information content (AvgIpc) is 3.39. The zero-order valence-corrected chi connectivity index (χ0v) is 19.4. The molecule has 0 bridgehead atoms. The van der Waals surface area contributed by atoms with E-state index in [-0.39, 0.29) is 11.1 Å². The van der Waals surface area contributed by atoms with Crippen molar-refractivity contribution in [2.24, 2.45) is 13.0 Å². The van der Waals surface area contributed by atoms with Crippen molar-refractivity contribution < 1.29 is 23.5 Å². The molecule has 7 nitrogen and oxygen atoms in total. The number of benzene rings is 2. The Morgan fingerprint density at radius 1 is 1.09 bits per heavy atom. The molecule has 1 aliphatic carbocycles. The van der Waals surface area contributed by atoms with Crippen molar-refractivity contribution in [1.29, 1.82) is 0 Å². The van der Waals surface area contributed by atoms with Crippen LogP contribution in [0.25, 0.3) is 33.0 Å². The largest absolute Gasteiger partial charge is 0.495 e. The van der Waals surface area contributed by atoms with E-state index < -0.39 is 11.8 Å². The lowest BCUT2D eigenvalue weighted by atomic mass is 9.95. The number of methoxy groups -OCH3 is 1. The van der Waals surface area contributed by atoms with Crippen molar-refractivity contribution in [2.45, 2.75) is 12.8 Å². The van der Waals surface area contributed by atoms with Crippen LogP contribution in [-0.2, 0) is 16.6 Å². The van der Waals surface area contributed by atoms with Crippen molar-refractivity contribution in [3.63, 3.8) is 0 Å². The van der Waals surface area contributed by atoms with Gasteiger partial charge in [-0.25, -0.2) is 0 Å². The first-order valence-electron chi connectivity index (χ1n) is 11.0. The number of carbonyl (C=O) groups is 2. The first-order chi connectivity index (χ1) is 16.4. The highest BCUT2D eigenvalue weighted by molar-refractivity contribution is 6.50. The standard InChI is InChI=1S/C26H21ClN2O5/c1-29-10-17(16-8-22(32-2)19(27)9-20(16)29)23-24(26(31)28-25(23)30)18-12-34-21-7-14(5-6-15(18)21)33-11-13-3-4-13/h5-10,12-13H,3-4,11H2,1-2H3,(H,28,30,31). The Labute approximate surface area is 199 Å². The highest BCUT2D eigenvalue weighted by atomic mass is 35.5. The van der Waals surface area contributed by atoms with Crippen LogP contribution in [-0.4, -0.2) is 30.1 Å². The van der Waals surface area contributed by atoms with Crippen molar-refractivity contribution in [1.82, 2.24) is 9.88 Å². The molecule has 6 rings (SSSR count). The summed E-state index contributed by atoms with van der Waals surface area (Å²) in [5.74, 6) is 0.924. The van der Waals surface area contributed by atoms with Crippen LogP contribution in [0.2, 0.25) is 5.02 Å². The van der Waals surface area contributed by atoms with E-state index in [0.717, 1.165) is 22.0 Å². The molecule has 0 radical (unpaired) electrons. The lowest BCUT2D eigenvalue weighted by Gasteiger charge is -2.06. The molecule has 0 spiro atoms. The van der Waals surface area contributed by atoms with Crippen LogP contribution in [0.1, 0.15) is 24.0 Å². The van der Waals surface area contributed by atoms with Crippen LogP contribution < -0.4 is 14.8 Å². The molecular weight excluding hydrogens is 456 g/mol. The highest BCUT2D eigenvalue weighted by Gasteiger charge is 2.35. The number of hydrogen-bond acceptors (Lipinski definition) is 5. The number of fused-ring (bicyclic) bond motifs is 2. The molecule has 3 heterocycles. The second-order valence-electron chi connectivity index (χ2n) is 8.75. The number of hydrogen-bond donors (Lipinski definition) is 1. The third-order valence-corrected chi connectivity index (χ3v) is 6.76. The smallest absolute Gasteiger partial charge is 0.259 e. The van der Waals surface area contributed by atoms with Gasteiger partial charge in [-0.2, -0.15) is 0 Å². The van der Waals surface area contributed by atoms with Gasteiger partial charge in [0.05, 0.1) is 41.7 Å². The second kappa shape index (κ2) is 7.67. The van der Waals surface area contributed by atoms with E-state index in [9.17, 15) is 9.59 Å². The first-order valence-corrected chi connectivity index (χ1v) is 11.4. The Morgan fingerprint density at radius 2 is 1.85 bits per heavy atom. The molecule has 8 heteroatoms. The van der Waals surface area contributed by atoms with Crippen LogP contribution in [0.3, 0.4) is 0 Å². The van der Waals surface area contributed by atoms with Gasteiger partial charge < -0.3 is 18.5 Å². The maximum atomic E-state index is 13.0. The summed E-state index contributed by atoms with van der Waals surface area (Å²) in [7, 11) is 3.40.